The second-order valence-corrected chi connectivity index (χ2v) is 12.6. The SMILES string of the molecule is CCCn1nc2ccccc2c1P(=Nc1cc(Cl)ccc1OC)(Oc1ccc(Br)cc1)OC(C)(C)C. The van der Waals surface area contributed by atoms with Gasteiger partial charge in [0.1, 0.15) is 22.6 Å². The molecule has 0 aliphatic rings. The van der Waals surface area contributed by atoms with Crippen molar-refractivity contribution >= 4 is 57.1 Å². The molecule has 0 saturated carbocycles. The number of aromatic nitrogens is 2. The smallest absolute Gasteiger partial charge is 0.319 e. The van der Waals surface area contributed by atoms with Crippen molar-refractivity contribution in [2.75, 3.05) is 7.11 Å². The Morgan fingerprint density at radius 2 is 1.78 bits per heavy atom. The predicted molar refractivity (Wildman–Crippen MR) is 152 cm³/mol. The number of aryl methyl sites for hydroxylation is 1. The first kappa shape index (κ1) is 26.7. The Labute approximate surface area is 225 Å². The van der Waals surface area contributed by atoms with Gasteiger partial charge in [0.05, 0.1) is 18.2 Å². The van der Waals surface area contributed by atoms with Gasteiger partial charge >= 0.3 is 7.51 Å². The van der Waals surface area contributed by atoms with E-state index >= 15 is 0 Å². The number of nitrogens with zero attached hydrogens (tertiary/aromatic N) is 3. The molecule has 0 radical (unpaired) electrons. The fraction of sp³-hybridized carbons (Fsp3) is 0.296. The van der Waals surface area contributed by atoms with E-state index in [4.69, 9.17) is 35.2 Å². The molecule has 4 aromatic rings. The molecule has 190 valence electrons. The molecule has 9 heteroatoms. The number of rotatable bonds is 8. The van der Waals surface area contributed by atoms with Crippen LogP contribution in [0.2, 0.25) is 5.02 Å². The molecule has 1 atom stereocenters. The van der Waals surface area contributed by atoms with Gasteiger partial charge in [0.25, 0.3) is 0 Å². The van der Waals surface area contributed by atoms with Crippen LogP contribution in [0.5, 0.6) is 11.5 Å². The van der Waals surface area contributed by atoms with Gasteiger partial charge < -0.3 is 13.8 Å². The minimum absolute atomic E-state index is 0.541. The van der Waals surface area contributed by atoms with E-state index in [1.807, 2.05) is 74.0 Å². The lowest BCUT2D eigenvalue weighted by Crippen LogP contribution is -2.29. The summed E-state index contributed by atoms with van der Waals surface area (Å²) in [5.41, 5.74) is 1.62. The minimum Gasteiger partial charge on any atom is -0.494 e. The minimum atomic E-state index is -3.28. The maximum absolute atomic E-state index is 6.89. The summed E-state index contributed by atoms with van der Waals surface area (Å²) in [4.78, 5) is 0. The molecule has 0 bridgehead atoms. The van der Waals surface area contributed by atoms with Crippen LogP contribution >= 0.6 is 35.0 Å². The lowest BCUT2D eigenvalue weighted by molar-refractivity contribution is 0.133. The Kier molecular flexibility index (Phi) is 8.15. The molecule has 0 N–H and O–H groups in total. The Morgan fingerprint density at radius 3 is 2.44 bits per heavy atom. The number of hydrogen-bond acceptors (Lipinski definition) is 5. The highest BCUT2D eigenvalue weighted by Gasteiger charge is 2.38. The zero-order chi connectivity index (χ0) is 25.9. The fourth-order valence-corrected chi connectivity index (χ4v) is 7.16. The molecular weight excluding hydrogens is 561 g/mol. The second kappa shape index (κ2) is 11.0. The van der Waals surface area contributed by atoms with Crippen molar-refractivity contribution in [2.24, 2.45) is 4.74 Å². The van der Waals surface area contributed by atoms with Gasteiger partial charge in [0, 0.05) is 21.4 Å². The molecule has 0 saturated heterocycles. The van der Waals surface area contributed by atoms with Crippen molar-refractivity contribution in [3.05, 3.63) is 76.2 Å². The normalized spacial score (nSPS) is 13.4. The summed E-state index contributed by atoms with van der Waals surface area (Å²) < 4.78 is 27.6. The number of halogens is 2. The van der Waals surface area contributed by atoms with E-state index in [0.29, 0.717) is 28.8 Å². The average molecular weight is 591 g/mol. The van der Waals surface area contributed by atoms with Crippen LogP contribution in [0.4, 0.5) is 5.69 Å². The van der Waals surface area contributed by atoms with Gasteiger partial charge in [-0.15, -0.1) is 0 Å². The molecule has 0 aliphatic carbocycles. The van der Waals surface area contributed by atoms with E-state index in [9.17, 15) is 0 Å². The highest BCUT2D eigenvalue weighted by atomic mass is 79.9. The number of ether oxygens (including phenoxy) is 1. The first-order valence-electron chi connectivity index (χ1n) is 11.7. The largest absolute Gasteiger partial charge is 0.494 e. The Hall–Kier alpha value is -2.31. The predicted octanol–water partition coefficient (Wildman–Crippen LogP) is 8.75. The fourth-order valence-electron chi connectivity index (χ4n) is 3.82. The molecule has 6 nitrogen and oxygen atoms in total. The maximum Gasteiger partial charge on any atom is 0.319 e. The van der Waals surface area contributed by atoms with Crippen LogP contribution in [0.25, 0.3) is 10.9 Å². The maximum atomic E-state index is 6.89. The summed E-state index contributed by atoms with van der Waals surface area (Å²) in [5.74, 6) is 1.21. The molecule has 0 fully saturated rings. The highest BCUT2D eigenvalue weighted by molar-refractivity contribution is 9.10. The third-order valence-corrected chi connectivity index (χ3v) is 8.64. The van der Waals surface area contributed by atoms with Gasteiger partial charge in [0.15, 0.2) is 0 Å². The van der Waals surface area contributed by atoms with Crippen LogP contribution < -0.4 is 14.7 Å². The number of fused-ring (bicyclic) bond motifs is 1. The molecule has 1 aromatic heterocycles. The summed E-state index contributed by atoms with van der Waals surface area (Å²) in [6.07, 6.45) is 0.884. The van der Waals surface area contributed by atoms with Crippen LogP contribution in [0.1, 0.15) is 34.1 Å². The third-order valence-electron chi connectivity index (χ3n) is 5.14. The van der Waals surface area contributed by atoms with Crippen LogP contribution in [0, 0.1) is 0 Å². The molecule has 0 spiro atoms. The van der Waals surface area contributed by atoms with Gasteiger partial charge in [-0.3, -0.25) is 4.68 Å². The summed E-state index contributed by atoms with van der Waals surface area (Å²) in [7, 11) is -1.67. The Balaban J connectivity index is 2.13. The van der Waals surface area contributed by atoms with Gasteiger partial charge in [-0.05, 0) is 75.7 Å². The summed E-state index contributed by atoms with van der Waals surface area (Å²) in [6.45, 7) is 8.80. The van der Waals surface area contributed by atoms with Crippen LogP contribution in [-0.4, -0.2) is 22.5 Å². The molecule has 36 heavy (non-hydrogen) atoms. The van der Waals surface area contributed by atoms with Crippen LogP contribution in [-0.2, 0) is 11.1 Å². The van der Waals surface area contributed by atoms with Gasteiger partial charge in [-0.1, -0.05) is 52.7 Å². The molecule has 1 unspecified atom stereocenters. The van der Waals surface area contributed by atoms with E-state index in [2.05, 4.69) is 22.9 Å². The van der Waals surface area contributed by atoms with Crippen LogP contribution in [0.15, 0.2) is 75.9 Å². The third kappa shape index (κ3) is 5.97. The zero-order valence-electron chi connectivity index (χ0n) is 21.0. The number of methoxy groups -OCH3 is 1. The molecule has 3 aromatic carbocycles. The van der Waals surface area contributed by atoms with Gasteiger partial charge in [-0.2, -0.15) is 9.84 Å². The van der Waals surface area contributed by atoms with Gasteiger partial charge in [0.2, 0.25) is 0 Å². The monoisotopic (exact) mass is 589 g/mol. The van der Waals surface area contributed by atoms with Crippen LogP contribution in [0.3, 0.4) is 0 Å². The first-order valence-corrected chi connectivity index (χ1v) is 14.5. The zero-order valence-corrected chi connectivity index (χ0v) is 24.3. The van der Waals surface area contributed by atoms with Crippen molar-refractivity contribution in [3.63, 3.8) is 0 Å². The lowest BCUT2D eigenvalue weighted by atomic mass is 10.2. The van der Waals surface area contributed by atoms with E-state index < -0.39 is 13.1 Å². The van der Waals surface area contributed by atoms with Crippen molar-refractivity contribution in [2.45, 2.75) is 46.3 Å². The van der Waals surface area contributed by atoms with E-state index in [1.54, 1.807) is 25.3 Å². The number of hydrogen-bond donors (Lipinski definition) is 0. The van der Waals surface area contributed by atoms with Crippen molar-refractivity contribution in [1.82, 2.24) is 9.78 Å². The molecule has 4 rings (SSSR count). The Morgan fingerprint density at radius 1 is 1.06 bits per heavy atom. The van der Waals surface area contributed by atoms with Crippen molar-refractivity contribution in [1.29, 1.82) is 0 Å². The van der Waals surface area contributed by atoms with E-state index in [1.165, 1.54) is 0 Å². The summed E-state index contributed by atoms with van der Waals surface area (Å²) >= 11 is 9.92. The van der Waals surface area contributed by atoms with Crippen molar-refractivity contribution in [3.8, 4) is 11.5 Å². The summed E-state index contributed by atoms with van der Waals surface area (Å²) in [6, 6.07) is 21.0. The first-order chi connectivity index (χ1) is 17.1. The van der Waals surface area contributed by atoms with Crippen molar-refractivity contribution < 1.29 is 13.8 Å². The second-order valence-electron chi connectivity index (χ2n) is 9.25. The van der Waals surface area contributed by atoms with E-state index in [0.717, 1.165) is 27.2 Å². The van der Waals surface area contributed by atoms with E-state index in [-0.39, 0.29) is 0 Å². The lowest BCUT2D eigenvalue weighted by Gasteiger charge is -2.32. The standard InChI is InChI=1S/C27H30BrClN3O3P/c1-6-17-32-26(22-9-7-8-10-23(22)30-32)36(35-27(2,3)4,34-21-14-11-19(28)12-15-21)31-24-18-20(29)13-16-25(24)33-5/h7-16,18H,6,17H2,1-5H3. The highest BCUT2D eigenvalue weighted by Crippen LogP contribution is 2.58. The summed E-state index contributed by atoms with van der Waals surface area (Å²) in [5, 5.41) is 6.39. The van der Waals surface area contributed by atoms with Gasteiger partial charge in [-0.25, -0.2) is 0 Å². The quantitative estimate of drug-likeness (QED) is 0.193. The Bertz CT molecular complexity index is 1410. The molecular formula is C27H30BrClN3O3P. The topological polar surface area (TPSA) is 57.9 Å². The molecule has 0 amide bonds. The number of benzene rings is 3. The molecule has 1 heterocycles. The average Bonchev–Trinajstić information content (AvgIpc) is 3.18. The molecule has 0 aliphatic heterocycles.